The number of carbonyl (C=O) groups is 1. The molecule has 1 aliphatic rings. The predicted octanol–water partition coefficient (Wildman–Crippen LogP) is 2.42. The van der Waals surface area contributed by atoms with Gasteiger partial charge < -0.3 is 4.90 Å². The highest BCUT2D eigenvalue weighted by atomic mass is 35.5. The summed E-state index contributed by atoms with van der Waals surface area (Å²) in [5, 5.41) is 1.05. The summed E-state index contributed by atoms with van der Waals surface area (Å²) in [5.41, 5.74) is -0.571. The number of aryl methyl sites for hydroxylation is 1. The largest absolute Gasteiger partial charge is 0.417 e. The number of amides is 1. The molecule has 3 rings (SSSR count). The summed E-state index contributed by atoms with van der Waals surface area (Å²) in [4.78, 5) is 24.9. The van der Waals surface area contributed by atoms with Crippen molar-refractivity contribution in [1.29, 1.82) is 0 Å². The molecule has 0 N–H and O–H groups in total. The van der Waals surface area contributed by atoms with Crippen molar-refractivity contribution in [2.24, 2.45) is 0 Å². The Labute approximate surface area is 179 Å². The van der Waals surface area contributed by atoms with Crippen molar-refractivity contribution in [3.63, 3.8) is 0 Å². The summed E-state index contributed by atoms with van der Waals surface area (Å²) in [6, 6.07) is 2.44. The molecule has 13 heteroatoms. The molecule has 2 aromatic rings. The quantitative estimate of drug-likeness (QED) is 0.669. The lowest BCUT2D eigenvalue weighted by Gasteiger charge is -2.34. The van der Waals surface area contributed by atoms with Gasteiger partial charge in [0.1, 0.15) is 6.54 Å². The fourth-order valence-corrected chi connectivity index (χ4v) is 5.45. The topological polar surface area (TPSA) is 79.7 Å². The maximum atomic E-state index is 13.1. The second-order valence-electron chi connectivity index (χ2n) is 6.65. The summed E-state index contributed by atoms with van der Waals surface area (Å²) in [7, 11) is -4.19. The number of carbonyl (C=O) groups excluding carboxylic acids is 1. The Hall–Kier alpha value is -1.89. The number of benzene rings is 1. The second-order valence-corrected chi connectivity index (χ2v) is 9.82. The van der Waals surface area contributed by atoms with Gasteiger partial charge in [0.15, 0.2) is 0 Å². The van der Waals surface area contributed by atoms with E-state index in [1.807, 2.05) is 0 Å². The minimum Gasteiger partial charge on any atom is -0.338 e. The van der Waals surface area contributed by atoms with E-state index in [2.05, 4.69) is 0 Å². The molecule has 7 nitrogen and oxygen atoms in total. The number of hydrogen-bond donors (Lipinski definition) is 0. The van der Waals surface area contributed by atoms with Crippen LogP contribution < -0.4 is 4.87 Å². The summed E-state index contributed by atoms with van der Waals surface area (Å²) >= 11 is 6.54. The zero-order chi connectivity index (χ0) is 22.3. The number of hydrogen-bond acceptors (Lipinski definition) is 5. The Bertz CT molecular complexity index is 1120. The molecule has 1 saturated heterocycles. The lowest BCUT2D eigenvalue weighted by Crippen LogP contribution is -2.51. The first kappa shape index (κ1) is 22.8. The number of thiazole rings is 1. The molecule has 0 atom stereocenters. The van der Waals surface area contributed by atoms with E-state index in [1.54, 1.807) is 12.3 Å². The molecule has 1 aliphatic heterocycles. The number of rotatable bonds is 4. The Balaban J connectivity index is 1.71. The van der Waals surface area contributed by atoms with Crippen molar-refractivity contribution in [2.75, 3.05) is 26.2 Å². The first-order chi connectivity index (χ1) is 13.9. The van der Waals surface area contributed by atoms with Gasteiger partial charge in [0.2, 0.25) is 15.9 Å². The molecule has 30 heavy (non-hydrogen) atoms. The second kappa shape index (κ2) is 8.33. The molecule has 1 aromatic heterocycles. The SMILES string of the molecule is Cc1csc(=O)n1CC(=O)N1CCN(S(=O)(=O)c2ccc(Cl)c(C(F)(F)F)c2)CC1. The average Bonchev–Trinajstić information content (AvgIpc) is 2.99. The Morgan fingerprint density at radius 3 is 2.37 bits per heavy atom. The van der Waals surface area contributed by atoms with Crippen molar-refractivity contribution < 1.29 is 26.4 Å². The van der Waals surface area contributed by atoms with Gasteiger partial charge in [0.05, 0.1) is 15.5 Å². The maximum Gasteiger partial charge on any atom is 0.417 e. The van der Waals surface area contributed by atoms with Crippen LogP contribution >= 0.6 is 22.9 Å². The third kappa shape index (κ3) is 4.56. The van der Waals surface area contributed by atoms with Gasteiger partial charge >= 0.3 is 11.0 Å². The van der Waals surface area contributed by atoms with Gasteiger partial charge in [-0.15, -0.1) is 0 Å². The van der Waals surface area contributed by atoms with Crippen LogP contribution in [0.5, 0.6) is 0 Å². The molecule has 1 amide bonds. The highest BCUT2D eigenvalue weighted by Gasteiger charge is 2.36. The minimum absolute atomic E-state index is 0.0652. The molecule has 1 aromatic carbocycles. The van der Waals surface area contributed by atoms with Gasteiger partial charge in [0.25, 0.3) is 0 Å². The third-order valence-corrected chi connectivity index (χ3v) is 7.85. The van der Waals surface area contributed by atoms with Crippen LogP contribution in [0.2, 0.25) is 5.02 Å². The van der Waals surface area contributed by atoms with Crippen LogP contribution in [-0.2, 0) is 27.5 Å². The molecule has 1 fully saturated rings. The number of halogens is 4. The van der Waals surface area contributed by atoms with Crippen molar-refractivity contribution in [2.45, 2.75) is 24.5 Å². The van der Waals surface area contributed by atoms with Crippen LogP contribution in [-0.4, -0.2) is 54.3 Å². The van der Waals surface area contributed by atoms with Gasteiger partial charge in [-0.3, -0.25) is 14.2 Å². The van der Waals surface area contributed by atoms with E-state index >= 15 is 0 Å². The van der Waals surface area contributed by atoms with Gasteiger partial charge in [-0.1, -0.05) is 22.9 Å². The Morgan fingerprint density at radius 1 is 1.20 bits per heavy atom. The van der Waals surface area contributed by atoms with Gasteiger partial charge in [0, 0.05) is 37.3 Å². The normalized spacial score (nSPS) is 16.1. The van der Waals surface area contributed by atoms with Crippen LogP contribution in [0.15, 0.2) is 33.3 Å². The van der Waals surface area contributed by atoms with Gasteiger partial charge in [-0.2, -0.15) is 17.5 Å². The molecule has 0 aliphatic carbocycles. The standard InChI is InChI=1S/C17H17ClF3N3O4S2/c1-11-10-29-16(26)24(11)9-15(25)22-4-6-23(7-5-22)30(27,28)12-2-3-14(18)13(8-12)17(19,20)21/h2-3,8,10H,4-7,9H2,1H3. The number of sulfonamides is 1. The molecule has 0 spiro atoms. The van der Waals surface area contributed by atoms with E-state index in [1.165, 1.54) is 9.47 Å². The van der Waals surface area contributed by atoms with Gasteiger partial charge in [-0.25, -0.2) is 8.42 Å². The molecule has 0 bridgehead atoms. The van der Waals surface area contributed by atoms with E-state index in [0.29, 0.717) is 11.8 Å². The summed E-state index contributed by atoms with van der Waals surface area (Å²) in [5.74, 6) is -0.332. The van der Waals surface area contributed by atoms with E-state index in [9.17, 15) is 31.2 Å². The van der Waals surface area contributed by atoms with E-state index in [0.717, 1.165) is 27.8 Å². The molecule has 0 saturated carbocycles. The lowest BCUT2D eigenvalue weighted by molar-refractivity contribution is -0.137. The van der Waals surface area contributed by atoms with Crippen LogP contribution in [0.3, 0.4) is 0 Å². The summed E-state index contributed by atoms with van der Waals surface area (Å²) < 4.78 is 67.1. The fraction of sp³-hybridized carbons (Fsp3) is 0.412. The highest BCUT2D eigenvalue weighted by molar-refractivity contribution is 7.89. The number of nitrogens with zero attached hydrogens (tertiary/aromatic N) is 3. The zero-order valence-corrected chi connectivity index (χ0v) is 18.0. The van der Waals surface area contributed by atoms with Crippen LogP contribution in [0.4, 0.5) is 13.2 Å². The maximum absolute atomic E-state index is 13.1. The van der Waals surface area contributed by atoms with E-state index < -0.39 is 31.7 Å². The van der Waals surface area contributed by atoms with E-state index in [4.69, 9.17) is 11.6 Å². The van der Waals surface area contributed by atoms with Crippen molar-refractivity contribution >= 4 is 38.9 Å². The monoisotopic (exact) mass is 483 g/mol. The first-order valence-corrected chi connectivity index (χ1v) is 11.4. The number of alkyl halides is 3. The summed E-state index contributed by atoms with van der Waals surface area (Å²) in [6.45, 7) is 1.54. The summed E-state index contributed by atoms with van der Waals surface area (Å²) in [6.07, 6.45) is -4.79. The highest BCUT2D eigenvalue weighted by Crippen LogP contribution is 2.36. The smallest absolute Gasteiger partial charge is 0.338 e. The van der Waals surface area contributed by atoms with Crippen LogP contribution in [0, 0.1) is 6.92 Å². The Kier molecular flexibility index (Phi) is 6.33. The number of aromatic nitrogens is 1. The average molecular weight is 484 g/mol. The molecule has 2 heterocycles. The van der Waals surface area contributed by atoms with E-state index in [-0.39, 0.29) is 43.5 Å². The molecule has 0 unspecified atom stereocenters. The van der Waals surface area contributed by atoms with Crippen LogP contribution in [0.25, 0.3) is 0 Å². The molecule has 164 valence electrons. The van der Waals surface area contributed by atoms with Crippen molar-refractivity contribution in [3.05, 3.63) is 49.5 Å². The first-order valence-electron chi connectivity index (χ1n) is 8.71. The molecule has 0 radical (unpaired) electrons. The Morgan fingerprint density at radius 2 is 1.83 bits per heavy atom. The van der Waals surface area contributed by atoms with Crippen LogP contribution in [0.1, 0.15) is 11.3 Å². The third-order valence-electron chi connectivity index (χ3n) is 4.74. The molecular weight excluding hydrogens is 467 g/mol. The van der Waals surface area contributed by atoms with Crippen molar-refractivity contribution in [3.8, 4) is 0 Å². The lowest BCUT2D eigenvalue weighted by atomic mass is 10.2. The van der Waals surface area contributed by atoms with Gasteiger partial charge in [-0.05, 0) is 25.1 Å². The predicted molar refractivity (Wildman–Crippen MR) is 105 cm³/mol. The zero-order valence-electron chi connectivity index (χ0n) is 15.6. The minimum atomic E-state index is -4.79. The molecular formula is C17H17ClF3N3O4S2. The number of piperazine rings is 1. The van der Waals surface area contributed by atoms with Crippen molar-refractivity contribution in [1.82, 2.24) is 13.8 Å². The fourth-order valence-electron chi connectivity index (χ4n) is 3.04.